The van der Waals surface area contributed by atoms with Crippen LogP contribution in [0.2, 0.25) is 0 Å². The second-order valence-electron chi connectivity index (χ2n) is 4.15. The number of carbonyl (C=O) groups excluding carboxylic acids is 1. The average molecular weight is 265 g/mol. The fourth-order valence-electron chi connectivity index (χ4n) is 1.64. The molecule has 0 aliphatic heterocycles. The number of nitriles is 1. The van der Waals surface area contributed by atoms with Crippen molar-refractivity contribution >= 4 is 17.5 Å². The van der Waals surface area contributed by atoms with E-state index in [1.54, 1.807) is 24.3 Å². The lowest BCUT2D eigenvalue weighted by molar-refractivity contribution is 0.0946. The number of rotatable bonds is 6. The first-order valence-electron chi connectivity index (χ1n) is 6.05. The van der Waals surface area contributed by atoms with Gasteiger partial charge in [-0.3, -0.25) is 4.79 Å². The molecule has 1 aromatic carbocycles. The van der Waals surface area contributed by atoms with Crippen molar-refractivity contribution in [3.63, 3.8) is 0 Å². The van der Waals surface area contributed by atoms with Gasteiger partial charge < -0.3 is 5.32 Å². The molecule has 96 valence electrons. The Morgan fingerprint density at radius 2 is 2.11 bits per heavy atom. The van der Waals surface area contributed by atoms with E-state index in [-0.39, 0.29) is 5.91 Å². The van der Waals surface area contributed by atoms with Gasteiger partial charge in [-0.1, -0.05) is 13.3 Å². The van der Waals surface area contributed by atoms with Gasteiger partial charge >= 0.3 is 0 Å². The van der Waals surface area contributed by atoms with Crippen molar-refractivity contribution in [3.8, 4) is 6.07 Å². The lowest BCUT2D eigenvalue weighted by atomic mass is 10.0. The van der Waals surface area contributed by atoms with Gasteiger partial charge in [-0.05, 0) is 36.6 Å². The van der Waals surface area contributed by atoms with Gasteiger partial charge in [0, 0.05) is 18.0 Å². The van der Waals surface area contributed by atoms with Gasteiger partial charge in [0.2, 0.25) is 0 Å². The van der Waals surface area contributed by atoms with Gasteiger partial charge in [-0.2, -0.15) is 5.26 Å². The van der Waals surface area contributed by atoms with Crippen LogP contribution in [0.5, 0.6) is 0 Å². The zero-order valence-electron chi connectivity index (χ0n) is 10.4. The number of carbonyl (C=O) groups is 1. The third-order valence-electron chi connectivity index (χ3n) is 2.92. The molecule has 0 aliphatic rings. The molecule has 0 spiro atoms. The lowest BCUT2D eigenvalue weighted by Crippen LogP contribution is -2.29. The molecule has 1 amide bonds. The molecule has 1 aromatic rings. The first-order chi connectivity index (χ1) is 8.71. The quantitative estimate of drug-likeness (QED) is 0.803. The maximum Gasteiger partial charge on any atom is 0.251 e. The topological polar surface area (TPSA) is 52.9 Å². The van der Waals surface area contributed by atoms with Crippen LogP contribution in [0.1, 0.15) is 35.7 Å². The Labute approximate surface area is 113 Å². The van der Waals surface area contributed by atoms with Gasteiger partial charge in [-0.25, -0.2) is 0 Å². The van der Waals surface area contributed by atoms with Crippen LogP contribution in [0.15, 0.2) is 24.3 Å². The molecule has 0 saturated carbocycles. The van der Waals surface area contributed by atoms with Crippen molar-refractivity contribution in [1.82, 2.24) is 5.32 Å². The number of nitrogens with zero attached hydrogens (tertiary/aromatic N) is 1. The van der Waals surface area contributed by atoms with Crippen molar-refractivity contribution in [2.75, 3.05) is 12.4 Å². The Morgan fingerprint density at radius 1 is 1.44 bits per heavy atom. The molecule has 0 radical (unpaired) electrons. The number of benzene rings is 1. The minimum atomic E-state index is -0.104. The van der Waals surface area contributed by atoms with Crippen LogP contribution in [0, 0.1) is 17.2 Å². The van der Waals surface area contributed by atoms with Crippen LogP contribution < -0.4 is 5.32 Å². The van der Waals surface area contributed by atoms with E-state index in [4.69, 9.17) is 16.9 Å². The smallest absolute Gasteiger partial charge is 0.251 e. The summed E-state index contributed by atoms with van der Waals surface area (Å²) in [5, 5.41) is 11.6. The van der Waals surface area contributed by atoms with Crippen LogP contribution in [0.25, 0.3) is 0 Å². The normalized spacial score (nSPS) is 11.6. The van der Waals surface area contributed by atoms with E-state index in [2.05, 4.69) is 12.2 Å². The van der Waals surface area contributed by atoms with Gasteiger partial charge in [0.15, 0.2) is 0 Å². The minimum Gasteiger partial charge on any atom is -0.352 e. The number of alkyl halides is 1. The summed E-state index contributed by atoms with van der Waals surface area (Å²) in [6, 6.07) is 8.64. The molecule has 3 nitrogen and oxygen atoms in total. The summed E-state index contributed by atoms with van der Waals surface area (Å²) in [4.78, 5) is 11.8. The number of nitrogens with one attached hydrogen (secondary N) is 1. The van der Waals surface area contributed by atoms with Crippen molar-refractivity contribution in [1.29, 1.82) is 5.26 Å². The van der Waals surface area contributed by atoms with Crippen molar-refractivity contribution < 1.29 is 4.79 Å². The largest absolute Gasteiger partial charge is 0.352 e. The predicted molar refractivity (Wildman–Crippen MR) is 72.6 cm³/mol. The summed E-state index contributed by atoms with van der Waals surface area (Å²) in [6.45, 7) is 2.73. The third-order valence-corrected chi connectivity index (χ3v) is 3.14. The van der Waals surface area contributed by atoms with Crippen LogP contribution in [0.4, 0.5) is 0 Å². The molecule has 18 heavy (non-hydrogen) atoms. The first kappa shape index (κ1) is 14.5. The maximum absolute atomic E-state index is 11.8. The third kappa shape index (κ3) is 4.38. The lowest BCUT2D eigenvalue weighted by Gasteiger charge is -2.14. The van der Waals surface area contributed by atoms with E-state index in [0.29, 0.717) is 29.5 Å². The number of hydrogen-bond donors (Lipinski definition) is 1. The van der Waals surface area contributed by atoms with Gasteiger partial charge in [0.05, 0.1) is 11.6 Å². The number of amides is 1. The van der Waals surface area contributed by atoms with E-state index < -0.39 is 0 Å². The van der Waals surface area contributed by atoms with E-state index in [9.17, 15) is 4.79 Å². The molecular formula is C14H17ClN2O. The molecule has 0 heterocycles. The number of hydrogen-bond acceptors (Lipinski definition) is 2. The minimum absolute atomic E-state index is 0.104. The predicted octanol–water partition coefficient (Wildman–Crippen LogP) is 2.94. The fourth-order valence-corrected chi connectivity index (χ4v) is 1.95. The molecule has 1 rings (SSSR count). The molecule has 4 heteroatoms. The van der Waals surface area contributed by atoms with Crippen molar-refractivity contribution in [3.05, 3.63) is 35.4 Å². The van der Waals surface area contributed by atoms with Gasteiger partial charge in [0.1, 0.15) is 0 Å². The Balaban J connectivity index is 2.52. The van der Waals surface area contributed by atoms with E-state index in [1.165, 1.54) is 0 Å². The Bertz CT molecular complexity index is 422. The second-order valence-corrected chi connectivity index (χ2v) is 4.53. The Kier molecular flexibility index (Phi) is 6.24. The Hall–Kier alpha value is -1.53. The first-order valence-corrected chi connectivity index (χ1v) is 6.59. The summed E-state index contributed by atoms with van der Waals surface area (Å²) in [5.41, 5.74) is 1.13. The zero-order chi connectivity index (χ0) is 13.4. The summed E-state index contributed by atoms with van der Waals surface area (Å²) < 4.78 is 0. The highest BCUT2D eigenvalue weighted by Gasteiger charge is 2.09. The van der Waals surface area contributed by atoms with Gasteiger partial charge in [-0.15, -0.1) is 11.6 Å². The second kappa shape index (κ2) is 7.73. The molecule has 0 fully saturated rings. The van der Waals surface area contributed by atoms with Crippen LogP contribution in [-0.4, -0.2) is 18.3 Å². The van der Waals surface area contributed by atoms with Crippen molar-refractivity contribution in [2.45, 2.75) is 19.8 Å². The molecule has 0 aromatic heterocycles. The standard InChI is InChI=1S/C14H17ClN2O/c1-2-11(7-8-15)10-17-14(18)13-5-3-12(9-16)4-6-13/h3-6,11H,2,7-8,10H2,1H3,(H,17,18). The Morgan fingerprint density at radius 3 is 2.61 bits per heavy atom. The fraction of sp³-hybridized carbons (Fsp3) is 0.429. The zero-order valence-corrected chi connectivity index (χ0v) is 11.2. The molecular weight excluding hydrogens is 248 g/mol. The summed E-state index contributed by atoms with van der Waals surface area (Å²) in [5.74, 6) is 0.933. The number of halogens is 1. The molecule has 1 unspecified atom stereocenters. The maximum atomic E-state index is 11.8. The van der Waals surface area contributed by atoms with Crippen LogP contribution in [-0.2, 0) is 0 Å². The monoisotopic (exact) mass is 264 g/mol. The molecule has 0 bridgehead atoms. The molecule has 1 atom stereocenters. The van der Waals surface area contributed by atoms with E-state index in [1.807, 2.05) is 6.07 Å². The highest BCUT2D eigenvalue weighted by Crippen LogP contribution is 2.09. The van der Waals surface area contributed by atoms with Crippen LogP contribution >= 0.6 is 11.6 Å². The highest BCUT2D eigenvalue weighted by molar-refractivity contribution is 6.17. The van der Waals surface area contributed by atoms with E-state index in [0.717, 1.165) is 12.8 Å². The summed E-state index contributed by atoms with van der Waals surface area (Å²) >= 11 is 5.70. The molecule has 1 N–H and O–H groups in total. The SMILES string of the molecule is CCC(CCCl)CNC(=O)c1ccc(C#N)cc1. The molecule has 0 saturated heterocycles. The van der Waals surface area contributed by atoms with Gasteiger partial charge in [0.25, 0.3) is 5.91 Å². The highest BCUT2D eigenvalue weighted by atomic mass is 35.5. The summed E-state index contributed by atoms with van der Waals surface area (Å²) in [7, 11) is 0. The van der Waals surface area contributed by atoms with Crippen molar-refractivity contribution in [2.24, 2.45) is 5.92 Å². The van der Waals surface area contributed by atoms with Crippen LogP contribution in [0.3, 0.4) is 0 Å². The van der Waals surface area contributed by atoms with E-state index >= 15 is 0 Å². The molecule has 0 aliphatic carbocycles. The average Bonchev–Trinajstić information content (AvgIpc) is 2.43. The summed E-state index contributed by atoms with van der Waals surface area (Å²) in [6.07, 6.45) is 1.91.